The third-order valence-corrected chi connectivity index (χ3v) is 4.61. The van der Waals surface area contributed by atoms with E-state index in [9.17, 15) is 13.2 Å². The lowest BCUT2D eigenvalue weighted by atomic mass is 9.96. The van der Waals surface area contributed by atoms with Crippen LogP contribution in [0.4, 0.5) is 13.2 Å². The molecule has 1 N–H and O–H groups in total. The van der Waals surface area contributed by atoms with E-state index in [1.165, 1.54) is 0 Å². The molecule has 0 bridgehead atoms. The Morgan fingerprint density at radius 2 is 1.60 bits per heavy atom. The van der Waals surface area contributed by atoms with Crippen molar-refractivity contribution in [3.63, 3.8) is 0 Å². The average molecular weight is 343 g/mol. The molecule has 1 aliphatic rings. The second-order valence-electron chi connectivity index (χ2n) is 6.19. The van der Waals surface area contributed by atoms with Crippen LogP contribution in [0, 0.1) is 17.5 Å². The molecule has 2 aromatic carbocycles. The molecule has 1 aromatic heterocycles. The molecule has 0 aliphatic carbocycles. The second kappa shape index (κ2) is 6.44. The van der Waals surface area contributed by atoms with E-state index in [0.29, 0.717) is 16.7 Å². The molecule has 1 saturated heterocycles. The maximum Gasteiger partial charge on any atom is 0.171 e. The van der Waals surface area contributed by atoms with Gasteiger partial charge < -0.3 is 5.32 Å². The zero-order valence-electron chi connectivity index (χ0n) is 13.4. The Morgan fingerprint density at radius 1 is 0.880 bits per heavy atom. The van der Waals surface area contributed by atoms with Gasteiger partial charge in [-0.1, -0.05) is 18.2 Å². The Hall–Kier alpha value is -2.47. The minimum Gasteiger partial charge on any atom is -0.317 e. The summed E-state index contributed by atoms with van der Waals surface area (Å²) in [6.45, 7) is 1.69. The van der Waals surface area contributed by atoms with Crippen LogP contribution in [0.2, 0.25) is 0 Å². The van der Waals surface area contributed by atoms with Gasteiger partial charge in [-0.25, -0.2) is 23.1 Å². The lowest BCUT2D eigenvalue weighted by molar-refractivity contribution is 0.446. The number of nitrogens with zero attached hydrogens (tertiary/aromatic N) is 2. The highest BCUT2D eigenvalue weighted by atomic mass is 19.2. The van der Waals surface area contributed by atoms with Crippen molar-refractivity contribution in [3.8, 4) is 11.3 Å². The topological polar surface area (TPSA) is 37.8 Å². The minimum absolute atomic E-state index is 0.105. The van der Waals surface area contributed by atoms with Gasteiger partial charge in [0, 0.05) is 11.3 Å². The van der Waals surface area contributed by atoms with Crippen molar-refractivity contribution in [1.29, 1.82) is 0 Å². The quantitative estimate of drug-likeness (QED) is 0.709. The van der Waals surface area contributed by atoms with Gasteiger partial charge in [-0.15, -0.1) is 0 Å². The van der Waals surface area contributed by atoms with Crippen molar-refractivity contribution in [2.45, 2.75) is 18.8 Å². The summed E-state index contributed by atoms with van der Waals surface area (Å²) in [5.74, 6) is -2.48. The second-order valence-corrected chi connectivity index (χ2v) is 6.19. The molecular formula is C19H16F3N3. The third-order valence-electron chi connectivity index (χ3n) is 4.61. The smallest absolute Gasteiger partial charge is 0.171 e. The van der Waals surface area contributed by atoms with Gasteiger partial charge >= 0.3 is 0 Å². The fourth-order valence-corrected chi connectivity index (χ4v) is 3.29. The van der Waals surface area contributed by atoms with Gasteiger partial charge in [0.1, 0.15) is 11.6 Å². The van der Waals surface area contributed by atoms with Crippen LogP contribution < -0.4 is 5.32 Å². The van der Waals surface area contributed by atoms with Gasteiger partial charge in [-0.05, 0) is 44.1 Å². The number of para-hydroxylation sites is 1. The van der Waals surface area contributed by atoms with E-state index < -0.39 is 23.0 Å². The fraction of sp³-hybridized carbons (Fsp3) is 0.263. The molecule has 0 unspecified atom stereocenters. The highest BCUT2D eigenvalue weighted by Crippen LogP contribution is 2.33. The van der Waals surface area contributed by atoms with Gasteiger partial charge in [-0.2, -0.15) is 0 Å². The summed E-state index contributed by atoms with van der Waals surface area (Å²) in [6.07, 6.45) is 1.71. The van der Waals surface area contributed by atoms with Crippen LogP contribution in [0.15, 0.2) is 36.4 Å². The van der Waals surface area contributed by atoms with E-state index in [1.807, 2.05) is 6.07 Å². The number of piperidine rings is 1. The molecule has 6 heteroatoms. The van der Waals surface area contributed by atoms with Crippen molar-refractivity contribution in [3.05, 3.63) is 59.7 Å². The molecule has 3 aromatic rings. The predicted octanol–water partition coefficient (Wildman–Crippen LogP) is 4.18. The van der Waals surface area contributed by atoms with Crippen molar-refractivity contribution >= 4 is 10.9 Å². The number of benzene rings is 2. The van der Waals surface area contributed by atoms with Crippen LogP contribution >= 0.6 is 0 Å². The molecule has 0 spiro atoms. The van der Waals surface area contributed by atoms with E-state index in [0.717, 1.165) is 38.1 Å². The van der Waals surface area contributed by atoms with Crippen LogP contribution in [0.3, 0.4) is 0 Å². The summed E-state index contributed by atoms with van der Waals surface area (Å²) in [4.78, 5) is 9.06. The number of hydrogen-bond acceptors (Lipinski definition) is 3. The number of hydrogen-bond donors (Lipinski definition) is 1. The Bertz CT molecular complexity index is 937. The summed E-state index contributed by atoms with van der Waals surface area (Å²) >= 11 is 0. The number of fused-ring (bicyclic) bond motifs is 1. The molecule has 128 valence electrons. The first-order chi connectivity index (χ1) is 12.1. The lowest BCUT2D eigenvalue weighted by Gasteiger charge is -2.22. The van der Waals surface area contributed by atoms with Crippen LogP contribution in [0.1, 0.15) is 24.6 Å². The summed E-state index contributed by atoms with van der Waals surface area (Å²) in [5.41, 5.74) is 0.270. The molecule has 0 atom stereocenters. The van der Waals surface area contributed by atoms with Gasteiger partial charge in [0.2, 0.25) is 0 Å². The minimum atomic E-state index is -1.22. The van der Waals surface area contributed by atoms with Gasteiger partial charge in [0.25, 0.3) is 0 Å². The summed E-state index contributed by atoms with van der Waals surface area (Å²) in [7, 11) is 0. The molecule has 25 heavy (non-hydrogen) atoms. The van der Waals surface area contributed by atoms with Crippen molar-refractivity contribution in [2.75, 3.05) is 13.1 Å². The van der Waals surface area contributed by atoms with Gasteiger partial charge in [0.15, 0.2) is 11.6 Å². The third kappa shape index (κ3) is 2.87. The number of halogens is 3. The van der Waals surface area contributed by atoms with Crippen LogP contribution in [0.5, 0.6) is 0 Å². The molecule has 0 radical (unpaired) electrons. The largest absolute Gasteiger partial charge is 0.317 e. The van der Waals surface area contributed by atoms with E-state index in [4.69, 9.17) is 0 Å². The monoisotopic (exact) mass is 343 g/mol. The molecule has 2 heterocycles. The molecule has 3 nitrogen and oxygen atoms in total. The number of nitrogens with one attached hydrogen (secondary N) is 1. The number of aromatic nitrogens is 2. The molecule has 0 saturated carbocycles. The zero-order chi connectivity index (χ0) is 17.4. The Kier molecular flexibility index (Phi) is 4.13. The van der Waals surface area contributed by atoms with Gasteiger partial charge in [-0.3, -0.25) is 0 Å². The Labute approximate surface area is 142 Å². The molecule has 4 rings (SSSR count). The normalized spacial score (nSPS) is 15.6. The van der Waals surface area contributed by atoms with Crippen molar-refractivity contribution < 1.29 is 13.2 Å². The van der Waals surface area contributed by atoms with Crippen molar-refractivity contribution in [2.24, 2.45) is 0 Å². The predicted molar refractivity (Wildman–Crippen MR) is 89.7 cm³/mol. The van der Waals surface area contributed by atoms with Crippen molar-refractivity contribution in [1.82, 2.24) is 15.3 Å². The summed E-state index contributed by atoms with van der Waals surface area (Å²) in [5, 5.41) is 3.77. The van der Waals surface area contributed by atoms with E-state index in [2.05, 4.69) is 15.3 Å². The van der Waals surface area contributed by atoms with Crippen LogP contribution in [-0.2, 0) is 0 Å². The fourth-order valence-electron chi connectivity index (χ4n) is 3.29. The molecule has 1 aliphatic heterocycles. The van der Waals surface area contributed by atoms with Crippen LogP contribution in [-0.4, -0.2) is 23.1 Å². The SMILES string of the molecule is Fc1ccc(F)c(-c2nc(C3CCNCC3)nc3ccccc23)c1F. The van der Waals surface area contributed by atoms with E-state index >= 15 is 0 Å². The summed E-state index contributed by atoms with van der Waals surface area (Å²) < 4.78 is 42.4. The maximum absolute atomic E-state index is 14.4. The van der Waals surface area contributed by atoms with E-state index in [-0.39, 0.29) is 11.6 Å². The highest BCUT2D eigenvalue weighted by Gasteiger charge is 2.24. The Morgan fingerprint density at radius 3 is 2.40 bits per heavy atom. The molecule has 0 amide bonds. The highest BCUT2D eigenvalue weighted by molar-refractivity contribution is 5.92. The first kappa shape index (κ1) is 16.0. The molecular weight excluding hydrogens is 327 g/mol. The first-order valence-corrected chi connectivity index (χ1v) is 8.26. The lowest BCUT2D eigenvalue weighted by Crippen LogP contribution is -2.27. The van der Waals surface area contributed by atoms with Gasteiger partial charge in [0.05, 0.1) is 16.8 Å². The number of rotatable bonds is 2. The summed E-state index contributed by atoms with van der Waals surface area (Å²) in [6, 6.07) is 8.74. The van der Waals surface area contributed by atoms with Crippen LogP contribution in [0.25, 0.3) is 22.2 Å². The first-order valence-electron chi connectivity index (χ1n) is 8.26. The Balaban J connectivity index is 1.98. The average Bonchev–Trinajstić information content (AvgIpc) is 2.65. The molecule has 1 fully saturated rings. The maximum atomic E-state index is 14.4. The zero-order valence-corrected chi connectivity index (χ0v) is 13.4. The van der Waals surface area contributed by atoms with E-state index in [1.54, 1.807) is 18.2 Å². The standard InChI is InChI=1S/C19H16F3N3/c20-13-5-6-14(21)17(22)16(13)18-12-3-1-2-4-15(12)24-19(25-18)11-7-9-23-10-8-11/h1-6,11,23H,7-10H2.